The highest BCUT2D eigenvalue weighted by atomic mass is 19.1. The molecule has 1 aliphatic carbocycles. The average Bonchev–Trinajstić information content (AvgIpc) is 2.76. The molecule has 0 saturated heterocycles. The van der Waals surface area contributed by atoms with E-state index >= 15 is 0 Å². The fourth-order valence-electron chi connectivity index (χ4n) is 2.73. The van der Waals surface area contributed by atoms with E-state index in [-0.39, 0.29) is 18.2 Å². The molecule has 3 heteroatoms. The van der Waals surface area contributed by atoms with E-state index in [4.69, 9.17) is 0 Å². The average molecular weight is 333 g/mol. The number of hydrogen-bond acceptors (Lipinski definition) is 1. The number of amides is 1. The van der Waals surface area contributed by atoms with Gasteiger partial charge in [-0.15, -0.1) is 0 Å². The molecule has 0 heterocycles. The summed E-state index contributed by atoms with van der Waals surface area (Å²) in [5.74, 6) is -0.478. The molecule has 1 amide bonds. The minimum Gasteiger partial charge on any atom is -0.325 e. The van der Waals surface area contributed by atoms with Gasteiger partial charge in [0.1, 0.15) is 5.83 Å². The van der Waals surface area contributed by atoms with Crippen LogP contribution in [0.4, 0.5) is 4.39 Å². The van der Waals surface area contributed by atoms with E-state index in [0.717, 1.165) is 17.6 Å². The van der Waals surface area contributed by atoms with Crippen LogP contribution in [0.2, 0.25) is 0 Å². The Morgan fingerprint density at radius 2 is 1.68 bits per heavy atom. The highest BCUT2D eigenvalue weighted by molar-refractivity contribution is 5.95. The second kappa shape index (κ2) is 7.75. The maximum atomic E-state index is 13.7. The Balaban J connectivity index is 1.66. The predicted molar refractivity (Wildman–Crippen MR) is 98.8 cm³/mol. The maximum Gasteiger partial charge on any atom is 0.255 e. The monoisotopic (exact) mass is 333 g/mol. The van der Waals surface area contributed by atoms with E-state index < -0.39 is 0 Å². The van der Waals surface area contributed by atoms with Crippen molar-refractivity contribution in [3.05, 3.63) is 107 Å². The summed E-state index contributed by atoms with van der Waals surface area (Å²) in [6.07, 6.45) is 5.96. The second-order valence-electron chi connectivity index (χ2n) is 6.18. The molecule has 1 N–H and O–H groups in total. The number of carbonyl (C=O) groups is 1. The third kappa shape index (κ3) is 4.77. The summed E-state index contributed by atoms with van der Waals surface area (Å²) in [5.41, 5.74) is 4.32. The minimum atomic E-state index is -0.254. The highest BCUT2D eigenvalue weighted by Crippen LogP contribution is 2.18. The smallest absolute Gasteiger partial charge is 0.255 e. The number of halogens is 1. The first-order chi connectivity index (χ1) is 12.1. The van der Waals surface area contributed by atoms with E-state index in [9.17, 15) is 9.18 Å². The zero-order valence-corrected chi connectivity index (χ0v) is 14.1. The Morgan fingerprint density at radius 1 is 1.00 bits per heavy atom. The van der Waals surface area contributed by atoms with Gasteiger partial charge in [-0.05, 0) is 54.3 Å². The fourth-order valence-corrected chi connectivity index (χ4v) is 2.73. The Labute approximate surface area is 147 Å². The van der Waals surface area contributed by atoms with Gasteiger partial charge in [0.05, 0.1) is 0 Å². The van der Waals surface area contributed by atoms with Crippen molar-refractivity contribution in [3.8, 4) is 0 Å². The van der Waals surface area contributed by atoms with Gasteiger partial charge in [-0.25, -0.2) is 4.39 Å². The first-order valence-corrected chi connectivity index (χ1v) is 8.28. The lowest BCUT2D eigenvalue weighted by Gasteiger charge is -2.09. The fraction of sp³-hybridized carbons (Fsp3) is 0.136. The van der Waals surface area contributed by atoms with Gasteiger partial charge in [0, 0.05) is 17.7 Å². The molecule has 0 saturated carbocycles. The molecule has 2 nitrogen and oxygen atoms in total. The normalized spacial score (nSPS) is 14.1. The lowest BCUT2D eigenvalue weighted by Crippen LogP contribution is -2.22. The van der Waals surface area contributed by atoms with Gasteiger partial charge >= 0.3 is 0 Å². The van der Waals surface area contributed by atoms with Crippen molar-refractivity contribution < 1.29 is 9.18 Å². The molecule has 0 bridgehead atoms. The summed E-state index contributed by atoms with van der Waals surface area (Å²) in [5, 5.41) is 2.79. The van der Waals surface area contributed by atoms with Crippen LogP contribution in [0.3, 0.4) is 0 Å². The van der Waals surface area contributed by atoms with Gasteiger partial charge in [0.15, 0.2) is 0 Å². The van der Waals surface area contributed by atoms with Crippen LogP contribution >= 0.6 is 0 Å². The molecule has 3 rings (SSSR count). The summed E-state index contributed by atoms with van der Waals surface area (Å²) in [6, 6.07) is 17.7. The van der Waals surface area contributed by atoms with Crippen LogP contribution in [-0.2, 0) is 6.42 Å². The van der Waals surface area contributed by atoms with E-state index in [2.05, 4.69) is 17.4 Å². The Hall–Kier alpha value is -2.94. The lowest BCUT2D eigenvalue weighted by molar-refractivity contribution is 0.0965. The van der Waals surface area contributed by atoms with Crippen LogP contribution < -0.4 is 5.32 Å². The maximum absolute atomic E-state index is 13.7. The molecule has 0 aliphatic heterocycles. The van der Waals surface area contributed by atoms with Crippen molar-refractivity contribution in [1.29, 1.82) is 0 Å². The number of benzene rings is 2. The van der Waals surface area contributed by atoms with Crippen LogP contribution in [0, 0.1) is 0 Å². The predicted octanol–water partition coefficient (Wildman–Crippen LogP) is 5.09. The SMILES string of the molecule is CC1=CC=C(NC(=O)c2ccc(Cc3ccccc3)cc2)CC(F)=C1. The molecule has 0 fully saturated rings. The molecule has 0 radical (unpaired) electrons. The van der Waals surface area contributed by atoms with Gasteiger partial charge < -0.3 is 5.32 Å². The molecule has 0 atom stereocenters. The number of allylic oxidation sites excluding steroid dienone is 5. The van der Waals surface area contributed by atoms with Gasteiger partial charge in [-0.3, -0.25) is 4.79 Å². The molecule has 0 spiro atoms. The summed E-state index contributed by atoms with van der Waals surface area (Å²) in [6.45, 7) is 1.83. The van der Waals surface area contributed by atoms with Gasteiger partial charge in [-0.1, -0.05) is 48.5 Å². The van der Waals surface area contributed by atoms with Crippen molar-refractivity contribution in [2.75, 3.05) is 0 Å². The topological polar surface area (TPSA) is 29.1 Å². The van der Waals surface area contributed by atoms with Crippen LogP contribution in [-0.4, -0.2) is 5.91 Å². The van der Waals surface area contributed by atoms with Crippen molar-refractivity contribution in [1.82, 2.24) is 5.32 Å². The van der Waals surface area contributed by atoms with Crippen molar-refractivity contribution in [2.24, 2.45) is 0 Å². The zero-order chi connectivity index (χ0) is 17.6. The largest absolute Gasteiger partial charge is 0.325 e. The summed E-state index contributed by atoms with van der Waals surface area (Å²) >= 11 is 0. The molecule has 2 aromatic rings. The van der Waals surface area contributed by atoms with E-state index in [1.807, 2.05) is 37.3 Å². The molecule has 2 aromatic carbocycles. The summed E-state index contributed by atoms with van der Waals surface area (Å²) in [7, 11) is 0. The lowest BCUT2D eigenvalue weighted by atomic mass is 10.0. The van der Waals surface area contributed by atoms with Gasteiger partial charge in [0.25, 0.3) is 5.91 Å². The Morgan fingerprint density at radius 3 is 2.40 bits per heavy atom. The quantitative estimate of drug-likeness (QED) is 0.829. The molecule has 126 valence electrons. The van der Waals surface area contributed by atoms with E-state index in [1.165, 1.54) is 11.6 Å². The highest BCUT2D eigenvalue weighted by Gasteiger charge is 2.11. The number of hydrogen-bond donors (Lipinski definition) is 1. The minimum absolute atomic E-state index is 0.103. The van der Waals surface area contributed by atoms with Crippen LogP contribution in [0.15, 0.2) is 89.9 Å². The molecule has 0 unspecified atom stereocenters. The third-order valence-corrected chi connectivity index (χ3v) is 4.03. The summed E-state index contributed by atoms with van der Waals surface area (Å²) < 4.78 is 13.7. The van der Waals surface area contributed by atoms with Crippen molar-refractivity contribution in [2.45, 2.75) is 19.8 Å². The number of nitrogens with one attached hydrogen (secondary N) is 1. The third-order valence-electron chi connectivity index (χ3n) is 4.03. The van der Waals surface area contributed by atoms with Crippen molar-refractivity contribution >= 4 is 5.91 Å². The van der Waals surface area contributed by atoms with E-state index in [0.29, 0.717) is 11.3 Å². The van der Waals surface area contributed by atoms with Gasteiger partial charge in [0.2, 0.25) is 0 Å². The van der Waals surface area contributed by atoms with Gasteiger partial charge in [-0.2, -0.15) is 0 Å². The van der Waals surface area contributed by atoms with Crippen LogP contribution in [0.1, 0.15) is 34.8 Å². The van der Waals surface area contributed by atoms with Crippen molar-refractivity contribution in [3.63, 3.8) is 0 Å². The zero-order valence-electron chi connectivity index (χ0n) is 14.1. The molecule has 25 heavy (non-hydrogen) atoms. The number of carbonyl (C=O) groups excluding carboxylic acids is 1. The standard InChI is InChI=1S/C22H20FNO/c1-16-7-12-21(15-20(23)13-16)24-22(25)19-10-8-18(9-11-19)14-17-5-3-2-4-6-17/h2-13H,14-15H2,1H3,(H,24,25). The van der Waals surface area contributed by atoms with Crippen LogP contribution in [0.5, 0.6) is 0 Å². The summed E-state index contributed by atoms with van der Waals surface area (Å²) in [4.78, 5) is 12.4. The Bertz CT molecular complexity index is 845. The first-order valence-electron chi connectivity index (χ1n) is 8.28. The molecular weight excluding hydrogens is 313 g/mol. The first kappa shape index (κ1) is 16.9. The second-order valence-corrected chi connectivity index (χ2v) is 6.18. The number of rotatable bonds is 4. The molecular formula is C22H20FNO. The Kier molecular flexibility index (Phi) is 5.24. The molecule has 0 aromatic heterocycles. The van der Waals surface area contributed by atoms with E-state index in [1.54, 1.807) is 24.3 Å². The molecule has 1 aliphatic rings. The van der Waals surface area contributed by atoms with Crippen LogP contribution in [0.25, 0.3) is 0 Å².